The summed E-state index contributed by atoms with van der Waals surface area (Å²) in [5.41, 5.74) is 4.53. The molecule has 0 fully saturated rings. The molecule has 142 valence electrons. The predicted molar refractivity (Wildman–Crippen MR) is 109 cm³/mol. The lowest BCUT2D eigenvalue weighted by molar-refractivity contribution is 0.199. The molecule has 28 heavy (non-hydrogen) atoms. The molecular formula is C22H20ClN3O2. The smallest absolute Gasteiger partial charge is 0.150 e. The summed E-state index contributed by atoms with van der Waals surface area (Å²) in [6.07, 6.45) is 3.76. The number of ether oxygens (including phenoxy) is 1. The summed E-state index contributed by atoms with van der Waals surface area (Å²) in [6, 6.07) is 14.6. The van der Waals surface area contributed by atoms with Gasteiger partial charge in [-0.3, -0.25) is 4.90 Å². The molecule has 0 N–H and O–H groups in total. The van der Waals surface area contributed by atoms with Crippen LogP contribution in [-0.2, 0) is 13.1 Å². The third-order valence-electron chi connectivity index (χ3n) is 5.15. The number of fused-ring (bicyclic) bond motifs is 2. The first-order chi connectivity index (χ1) is 13.7. The van der Waals surface area contributed by atoms with Crippen LogP contribution in [0.5, 0.6) is 5.75 Å². The Kier molecular flexibility index (Phi) is 4.34. The van der Waals surface area contributed by atoms with E-state index in [-0.39, 0.29) is 0 Å². The molecule has 0 aliphatic carbocycles. The third-order valence-corrected chi connectivity index (χ3v) is 5.43. The molecule has 3 heterocycles. The van der Waals surface area contributed by atoms with Crippen LogP contribution in [0.15, 0.2) is 59.4 Å². The van der Waals surface area contributed by atoms with Crippen molar-refractivity contribution in [3.63, 3.8) is 0 Å². The quantitative estimate of drug-likeness (QED) is 0.492. The normalized spacial score (nSPS) is 14.6. The fourth-order valence-corrected chi connectivity index (χ4v) is 4.10. The molecule has 2 aromatic carbocycles. The Morgan fingerprint density at radius 3 is 2.93 bits per heavy atom. The molecule has 5 rings (SSSR count). The monoisotopic (exact) mass is 393 g/mol. The number of nitrogens with zero attached hydrogens (tertiary/aromatic N) is 3. The van der Waals surface area contributed by atoms with Gasteiger partial charge in [-0.05, 0) is 37.3 Å². The van der Waals surface area contributed by atoms with Crippen LogP contribution in [0.3, 0.4) is 0 Å². The lowest BCUT2D eigenvalue weighted by Crippen LogP contribution is -2.25. The van der Waals surface area contributed by atoms with E-state index < -0.39 is 0 Å². The van der Waals surface area contributed by atoms with Gasteiger partial charge in [-0.25, -0.2) is 0 Å². The average molecular weight is 394 g/mol. The van der Waals surface area contributed by atoms with E-state index in [1.54, 1.807) is 6.20 Å². The van der Waals surface area contributed by atoms with Gasteiger partial charge in [0.2, 0.25) is 0 Å². The van der Waals surface area contributed by atoms with Crippen LogP contribution in [0.4, 0.5) is 0 Å². The van der Waals surface area contributed by atoms with Gasteiger partial charge >= 0.3 is 0 Å². The molecule has 0 bridgehead atoms. The van der Waals surface area contributed by atoms with Gasteiger partial charge in [0.25, 0.3) is 0 Å². The number of rotatable bonds is 3. The fraction of sp³-hybridized carbons (Fsp3) is 0.227. The van der Waals surface area contributed by atoms with Crippen molar-refractivity contribution in [1.29, 1.82) is 0 Å². The van der Waals surface area contributed by atoms with Gasteiger partial charge in [0.05, 0.1) is 23.3 Å². The minimum Gasteiger partial charge on any atom is -0.490 e. The van der Waals surface area contributed by atoms with Crippen LogP contribution in [-0.4, -0.2) is 27.8 Å². The Morgan fingerprint density at radius 1 is 1.14 bits per heavy atom. The molecule has 0 radical (unpaired) electrons. The summed E-state index contributed by atoms with van der Waals surface area (Å²) in [5, 5.41) is 5.65. The van der Waals surface area contributed by atoms with Crippen molar-refractivity contribution in [2.45, 2.75) is 20.0 Å². The molecule has 4 aromatic rings. The summed E-state index contributed by atoms with van der Waals surface area (Å²) in [4.78, 5) is 2.28. The highest BCUT2D eigenvalue weighted by Gasteiger charge is 2.20. The molecule has 6 heteroatoms. The first kappa shape index (κ1) is 17.3. The van der Waals surface area contributed by atoms with Crippen molar-refractivity contribution in [1.82, 2.24) is 14.6 Å². The second-order valence-electron chi connectivity index (χ2n) is 7.20. The Hall–Kier alpha value is -2.76. The first-order valence-electron chi connectivity index (χ1n) is 9.32. The lowest BCUT2D eigenvalue weighted by Gasteiger charge is -2.18. The van der Waals surface area contributed by atoms with E-state index in [9.17, 15) is 0 Å². The number of aromatic nitrogens is 2. The van der Waals surface area contributed by atoms with E-state index in [4.69, 9.17) is 20.9 Å². The second kappa shape index (κ2) is 7.00. The molecule has 0 spiro atoms. The van der Waals surface area contributed by atoms with E-state index in [1.807, 2.05) is 12.1 Å². The van der Waals surface area contributed by atoms with E-state index in [1.165, 1.54) is 10.9 Å². The highest BCUT2D eigenvalue weighted by Crippen LogP contribution is 2.35. The van der Waals surface area contributed by atoms with Crippen molar-refractivity contribution < 1.29 is 9.26 Å². The van der Waals surface area contributed by atoms with Crippen LogP contribution < -0.4 is 4.74 Å². The van der Waals surface area contributed by atoms with Gasteiger partial charge in [-0.2, -0.15) is 0 Å². The van der Waals surface area contributed by atoms with Gasteiger partial charge in [-0.15, -0.1) is 0 Å². The van der Waals surface area contributed by atoms with Crippen LogP contribution >= 0.6 is 11.6 Å². The van der Waals surface area contributed by atoms with Crippen molar-refractivity contribution >= 4 is 22.5 Å². The lowest BCUT2D eigenvalue weighted by atomic mass is 10.1. The average Bonchev–Trinajstić information content (AvgIpc) is 3.27. The number of hydrogen-bond donors (Lipinski definition) is 0. The molecular weight excluding hydrogens is 374 g/mol. The largest absolute Gasteiger partial charge is 0.490 e. The Morgan fingerprint density at radius 2 is 2.07 bits per heavy atom. The minimum absolute atomic E-state index is 0.589. The standard InChI is InChI=1S/C22H20ClN3O2/c1-15-2-3-21-16(10-15)5-7-26(21)18-11-17-13-25(14-19-4-6-24-28-19)8-9-27-22(17)20(23)12-18/h2-7,10-12H,8-9,13-14H2,1H3. The van der Waals surface area contributed by atoms with Crippen LogP contribution in [0.2, 0.25) is 5.02 Å². The Balaban J connectivity index is 1.53. The highest BCUT2D eigenvalue weighted by atomic mass is 35.5. The van der Waals surface area contributed by atoms with E-state index >= 15 is 0 Å². The minimum atomic E-state index is 0.589. The predicted octanol–water partition coefficient (Wildman–Crippen LogP) is 4.97. The molecule has 2 aromatic heterocycles. The maximum absolute atomic E-state index is 6.62. The van der Waals surface area contributed by atoms with Gasteiger partial charge in [-0.1, -0.05) is 28.4 Å². The molecule has 5 nitrogen and oxygen atoms in total. The van der Waals surface area contributed by atoms with Gasteiger partial charge in [0, 0.05) is 42.0 Å². The summed E-state index contributed by atoms with van der Waals surface area (Å²) < 4.78 is 13.4. The van der Waals surface area contributed by atoms with Gasteiger partial charge in [0.1, 0.15) is 12.4 Å². The molecule has 1 aliphatic heterocycles. The van der Waals surface area contributed by atoms with Crippen molar-refractivity contribution in [2.75, 3.05) is 13.2 Å². The van der Waals surface area contributed by atoms with Crippen molar-refractivity contribution in [3.05, 3.63) is 76.8 Å². The molecule has 0 unspecified atom stereocenters. The maximum Gasteiger partial charge on any atom is 0.150 e. The first-order valence-corrected chi connectivity index (χ1v) is 9.70. The van der Waals surface area contributed by atoms with Crippen molar-refractivity contribution in [2.24, 2.45) is 0 Å². The van der Waals surface area contributed by atoms with Crippen LogP contribution in [0.1, 0.15) is 16.9 Å². The summed E-state index contributed by atoms with van der Waals surface area (Å²) in [7, 11) is 0. The zero-order valence-electron chi connectivity index (χ0n) is 15.6. The Labute approximate surface area is 168 Å². The van der Waals surface area contributed by atoms with E-state index in [2.05, 4.69) is 58.1 Å². The van der Waals surface area contributed by atoms with Gasteiger partial charge < -0.3 is 13.8 Å². The molecule has 0 saturated heterocycles. The summed E-state index contributed by atoms with van der Waals surface area (Å²) in [5.74, 6) is 1.62. The van der Waals surface area contributed by atoms with Crippen LogP contribution in [0.25, 0.3) is 16.6 Å². The number of hydrogen-bond acceptors (Lipinski definition) is 4. The molecule has 0 atom stereocenters. The van der Waals surface area contributed by atoms with E-state index in [0.717, 1.165) is 41.4 Å². The molecule has 0 amide bonds. The van der Waals surface area contributed by atoms with Gasteiger partial charge in [0.15, 0.2) is 5.76 Å². The zero-order chi connectivity index (χ0) is 19.1. The number of benzene rings is 2. The Bertz CT molecular complexity index is 1130. The summed E-state index contributed by atoms with van der Waals surface area (Å²) in [6.45, 7) is 4.92. The second-order valence-corrected chi connectivity index (χ2v) is 7.61. The third kappa shape index (κ3) is 3.17. The topological polar surface area (TPSA) is 43.4 Å². The van der Waals surface area contributed by atoms with E-state index in [0.29, 0.717) is 18.2 Å². The maximum atomic E-state index is 6.62. The van der Waals surface area contributed by atoms with Crippen LogP contribution in [0, 0.1) is 6.92 Å². The number of halogens is 1. The number of aryl methyl sites for hydroxylation is 1. The summed E-state index contributed by atoms with van der Waals surface area (Å²) >= 11 is 6.62. The SMILES string of the molecule is Cc1ccc2c(ccn2-c2cc(Cl)c3c(c2)CN(Cc2ccno2)CCO3)c1. The van der Waals surface area contributed by atoms with Crippen molar-refractivity contribution in [3.8, 4) is 11.4 Å². The highest BCUT2D eigenvalue weighted by molar-refractivity contribution is 6.32. The fourth-order valence-electron chi connectivity index (χ4n) is 3.82. The zero-order valence-corrected chi connectivity index (χ0v) is 16.3. The molecule has 0 saturated carbocycles. The molecule has 1 aliphatic rings.